The summed E-state index contributed by atoms with van der Waals surface area (Å²) in [6.07, 6.45) is 7.06. The molecule has 0 rings (SSSR count). The van der Waals surface area contributed by atoms with Gasteiger partial charge in [0.25, 0.3) is 0 Å². The average molecular weight is 140 g/mol. The van der Waals surface area contributed by atoms with Gasteiger partial charge in [0.15, 0.2) is 0 Å². The molecule has 0 saturated heterocycles. The molecule has 0 aromatic rings. The molecular weight excluding hydrogens is 120 g/mol. The first-order valence-electron chi connectivity index (χ1n) is 4.33. The lowest BCUT2D eigenvalue weighted by atomic mass is 9.98. The fourth-order valence-corrected chi connectivity index (χ4v) is 1.19. The molecule has 0 bridgehead atoms. The van der Waals surface area contributed by atoms with Crippen LogP contribution in [0, 0.1) is 11.8 Å². The Bertz CT molecular complexity index is 90.2. The van der Waals surface area contributed by atoms with Crippen LogP contribution in [0.1, 0.15) is 40.5 Å². The van der Waals surface area contributed by atoms with Crippen molar-refractivity contribution in [3.05, 3.63) is 12.2 Å². The second-order valence-electron chi connectivity index (χ2n) is 3.44. The third kappa shape index (κ3) is 5.87. The molecule has 0 aromatic heterocycles. The molecule has 1 atom stereocenters. The van der Waals surface area contributed by atoms with Crippen LogP contribution in [0.15, 0.2) is 12.2 Å². The molecule has 10 heavy (non-hydrogen) atoms. The van der Waals surface area contributed by atoms with E-state index in [0.29, 0.717) is 0 Å². The fraction of sp³-hybridized carbons (Fsp3) is 0.800. The molecule has 0 N–H and O–H groups in total. The fourth-order valence-electron chi connectivity index (χ4n) is 1.19. The number of rotatable bonds is 4. The Balaban J connectivity index is 3.42. The molecule has 0 aliphatic carbocycles. The first-order chi connectivity index (χ1) is 4.66. The predicted octanol–water partition coefficient (Wildman–Crippen LogP) is 3.63. The van der Waals surface area contributed by atoms with Gasteiger partial charge in [0.2, 0.25) is 0 Å². The van der Waals surface area contributed by atoms with Crippen LogP contribution in [0.3, 0.4) is 0 Å². The van der Waals surface area contributed by atoms with Gasteiger partial charge >= 0.3 is 0 Å². The SMILES string of the molecule is CCC=C[C@H](C)CC(C)C. The van der Waals surface area contributed by atoms with Gasteiger partial charge in [-0.05, 0) is 24.7 Å². The molecule has 0 fully saturated rings. The number of hydrogen-bond donors (Lipinski definition) is 0. The third-order valence-corrected chi connectivity index (χ3v) is 1.54. The van der Waals surface area contributed by atoms with Crippen LogP contribution in [-0.2, 0) is 0 Å². The maximum Gasteiger partial charge on any atom is -0.0260 e. The molecule has 0 aromatic carbocycles. The van der Waals surface area contributed by atoms with E-state index in [9.17, 15) is 0 Å². The summed E-state index contributed by atoms with van der Waals surface area (Å²) in [6.45, 7) is 9.01. The van der Waals surface area contributed by atoms with Crippen molar-refractivity contribution in [3.63, 3.8) is 0 Å². The standard InChI is InChI=1S/C10H20/c1-5-6-7-10(4)8-9(2)3/h6-7,9-10H,5,8H2,1-4H3/t10-/m0/s1. The van der Waals surface area contributed by atoms with Crippen molar-refractivity contribution in [1.82, 2.24) is 0 Å². The van der Waals surface area contributed by atoms with Crippen molar-refractivity contribution in [3.8, 4) is 0 Å². The molecule has 0 spiro atoms. The Hall–Kier alpha value is -0.260. The molecule has 0 aliphatic rings. The van der Waals surface area contributed by atoms with Gasteiger partial charge in [-0.2, -0.15) is 0 Å². The molecule has 0 amide bonds. The highest BCUT2D eigenvalue weighted by Gasteiger charge is 1.99. The Labute approximate surface area is 65.3 Å². The van der Waals surface area contributed by atoms with Crippen molar-refractivity contribution in [2.24, 2.45) is 11.8 Å². The summed E-state index contributed by atoms with van der Waals surface area (Å²) in [7, 11) is 0. The largest absolute Gasteiger partial charge is 0.0885 e. The second-order valence-corrected chi connectivity index (χ2v) is 3.44. The zero-order chi connectivity index (χ0) is 7.98. The van der Waals surface area contributed by atoms with Gasteiger partial charge in [0.05, 0.1) is 0 Å². The smallest absolute Gasteiger partial charge is 0.0260 e. The van der Waals surface area contributed by atoms with E-state index in [-0.39, 0.29) is 0 Å². The maximum atomic E-state index is 2.32. The van der Waals surface area contributed by atoms with Crippen LogP contribution in [0.4, 0.5) is 0 Å². The van der Waals surface area contributed by atoms with E-state index < -0.39 is 0 Å². The molecule has 0 heteroatoms. The summed E-state index contributed by atoms with van der Waals surface area (Å²) in [5.41, 5.74) is 0. The Morgan fingerprint density at radius 1 is 1.20 bits per heavy atom. The van der Waals surface area contributed by atoms with Gasteiger partial charge < -0.3 is 0 Å². The van der Waals surface area contributed by atoms with Crippen molar-refractivity contribution in [2.75, 3.05) is 0 Å². The van der Waals surface area contributed by atoms with E-state index in [1.807, 2.05) is 0 Å². The average Bonchev–Trinajstić information content (AvgIpc) is 1.82. The summed E-state index contributed by atoms with van der Waals surface area (Å²) in [6, 6.07) is 0. The minimum atomic E-state index is 0.764. The maximum absolute atomic E-state index is 2.32. The van der Waals surface area contributed by atoms with E-state index in [0.717, 1.165) is 11.8 Å². The Morgan fingerprint density at radius 2 is 1.80 bits per heavy atom. The normalized spacial score (nSPS) is 14.9. The molecule has 0 unspecified atom stereocenters. The van der Waals surface area contributed by atoms with Crippen molar-refractivity contribution in [1.29, 1.82) is 0 Å². The summed E-state index contributed by atoms with van der Waals surface area (Å²) < 4.78 is 0. The van der Waals surface area contributed by atoms with Crippen molar-refractivity contribution in [2.45, 2.75) is 40.5 Å². The molecule has 0 heterocycles. The van der Waals surface area contributed by atoms with Crippen molar-refractivity contribution >= 4 is 0 Å². The molecule has 0 saturated carbocycles. The zero-order valence-corrected chi connectivity index (χ0v) is 7.72. The lowest BCUT2D eigenvalue weighted by Gasteiger charge is -2.08. The van der Waals surface area contributed by atoms with Gasteiger partial charge in [-0.1, -0.05) is 39.8 Å². The van der Waals surface area contributed by atoms with E-state index in [2.05, 4.69) is 39.8 Å². The van der Waals surface area contributed by atoms with Crippen LogP contribution < -0.4 is 0 Å². The topological polar surface area (TPSA) is 0 Å². The van der Waals surface area contributed by atoms with Gasteiger partial charge in [-0.25, -0.2) is 0 Å². The summed E-state index contributed by atoms with van der Waals surface area (Å²) >= 11 is 0. The second kappa shape index (κ2) is 5.52. The first kappa shape index (κ1) is 9.74. The van der Waals surface area contributed by atoms with E-state index >= 15 is 0 Å². The Morgan fingerprint density at radius 3 is 2.20 bits per heavy atom. The van der Waals surface area contributed by atoms with Crippen LogP contribution in [0.5, 0.6) is 0 Å². The lowest BCUT2D eigenvalue weighted by Crippen LogP contribution is -1.95. The van der Waals surface area contributed by atoms with Gasteiger partial charge in [0.1, 0.15) is 0 Å². The zero-order valence-electron chi connectivity index (χ0n) is 7.72. The highest BCUT2D eigenvalue weighted by Crippen LogP contribution is 2.11. The molecule has 0 aliphatic heterocycles. The highest BCUT2D eigenvalue weighted by atomic mass is 14.0. The summed E-state index contributed by atoms with van der Waals surface area (Å²) in [4.78, 5) is 0. The molecule has 0 radical (unpaired) electrons. The number of allylic oxidation sites excluding steroid dienone is 2. The van der Waals surface area contributed by atoms with Crippen LogP contribution in [-0.4, -0.2) is 0 Å². The van der Waals surface area contributed by atoms with E-state index in [4.69, 9.17) is 0 Å². The minimum absolute atomic E-state index is 0.764. The van der Waals surface area contributed by atoms with Crippen LogP contribution in [0.25, 0.3) is 0 Å². The Kier molecular flexibility index (Phi) is 5.38. The van der Waals surface area contributed by atoms with E-state index in [1.54, 1.807) is 0 Å². The third-order valence-electron chi connectivity index (χ3n) is 1.54. The monoisotopic (exact) mass is 140 g/mol. The summed E-state index contributed by atoms with van der Waals surface area (Å²) in [5.74, 6) is 1.59. The summed E-state index contributed by atoms with van der Waals surface area (Å²) in [5, 5.41) is 0. The van der Waals surface area contributed by atoms with Gasteiger partial charge in [-0.3, -0.25) is 0 Å². The lowest BCUT2D eigenvalue weighted by molar-refractivity contribution is 0.502. The quantitative estimate of drug-likeness (QED) is 0.523. The highest BCUT2D eigenvalue weighted by molar-refractivity contribution is 4.85. The molecule has 0 nitrogen and oxygen atoms in total. The van der Waals surface area contributed by atoms with Gasteiger partial charge in [0, 0.05) is 0 Å². The molecular formula is C10H20. The predicted molar refractivity (Wildman–Crippen MR) is 48.1 cm³/mol. The number of hydrogen-bond acceptors (Lipinski definition) is 0. The van der Waals surface area contributed by atoms with E-state index in [1.165, 1.54) is 12.8 Å². The first-order valence-corrected chi connectivity index (χ1v) is 4.33. The van der Waals surface area contributed by atoms with Crippen LogP contribution in [0.2, 0.25) is 0 Å². The minimum Gasteiger partial charge on any atom is -0.0885 e. The van der Waals surface area contributed by atoms with Crippen LogP contribution >= 0.6 is 0 Å². The van der Waals surface area contributed by atoms with Crippen molar-refractivity contribution < 1.29 is 0 Å². The molecule has 60 valence electrons. The van der Waals surface area contributed by atoms with Gasteiger partial charge in [-0.15, -0.1) is 0 Å².